The van der Waals surface area contributed by atoms with Crippen molar-refractivity contribution in [2.45, 2.75) is 52.7 Å². The van der Waals surface area contributed by atoms with Gasteiger partial charge in [-0.2, -0.15) is 0 Å². The van der Waals surface area contributed by atoms with Crippen LogP contribution in [0.2, 0.25) is 0 Å². The third kappa shape index (κ3) is 6.15. The molecule has 0 bridgehead atoms. The fourth-order valence-corrected chi connectivity index (χ4v) is 2.88. The van der Waals surface area contributed by atoms with Crippen molar-refractivity contribution in [2.24, 2.45) is 0 Å². The Balaban J connectivity index is 2.53. The highest BCUT2D eigenvalue weighted by Crippen LogP contribution is 2.33. The molecule has 0 saturated heterocycles. The molecule has 1 amide bonds. The molecule has 2 aromatic carbocycles. The van der Waals surface area contributed by atoms with Crippen LogP contribution in [-0.2, 0) is 4.74 Å². The number of hydrogen-bond acceptors (Lipinski definition) is 3. The van der Waals surface area contributed by atoms with Gasteiger partial charge in [0.2, 0.25) is 0 Å². The van der Waals surface area contributed by atoms with E-state index in [1.54, 1.807) is 12.0 Å². The van der Waals surface area contributed by atoms with Crippen LogP contribution in [0.3, 0.4) is 0 Å². The summed E-state index contributed by atoms with van der Waals surface area (Å²) in [4.78, 5) is 15.0. The fourth-order valence-electron chi connectivity index (χ4n) is 2.88. The van der Waals surface area contributed by atoms with E-state index in [1.807, 2.05) is 75.4 Å². The van der Waals surface area contributed by atoms with Crippen LogP contribution in [0, 0.1) is 0 Å². The first-order valence-corrected chi connectivity index (χ1v) is 9.56. The summed E-state index contributed by atoms with van der Waals surface area (Å²) in [5.74, 6) is 0.744. The number of methoxy groups -OCH3 is 1. The SMILES string of the molecule is COc1ccc(N(C(=O)OC(C)(C)C)[C@@H](CC=C(C)C)c2ccccc2)cc1. The van der Waals surface area contributed by atoms with Crippen molar-refractivity contribution in [3.05, 3.63) is 71.8 Å². The van der Waals surface area contributed by atoms with Gasteiger partial charge in [-0.25, -0.2) is 4.79 Å². The number of benzene rings is 2. The first kappa shape index (κ1) is 21.5. The average Bonchev–Trinajstić information content (AvgIpc) is 2.64. The van der Waals surface area contributed by atoms with E-state index in [1.165, 1.54) is 5.57 Å². The van der Waals surface area contributed by atoms with Gasteiger partial charge in [0.15, 0.2) is 0 Å². The van der Waals surface area contributed by atoms with E-state index in [0.717, 1.165) is 17.0 Å². The Morgan fingerprint density at radius 2 is 1.64 bits per heavy atom. The van der Waals surface area contributed by atoms with E-state index in [4.69, 9.17) is 9.47 Å². The van der Waals surface area contributed by atoms with E-state index < -0.39 is 5.60 Å². The second-order valence-electron chi connectivity index (χ2n) is 7.99. The van der Waals surface area contributed by atoms with Gasteiger partial charge in [0.1, 0.15) is 11.4 Å². The number of hydrogen-bond donors (Lipinski definition) is 0. The van der Waals surface area contributed by atoms with E-state index in [9.17, 15) is 4.79 Å². The van der Waals surface area contributed by atoms with Gasteiger partial charge in [-0.05, 0) is 70.9 Å². The smallest absolute Gasteiger partial charge is 0.415 e. The predicted molar refractivity (Wildman–Crippen MR) is 115 cm³/mol. The van der Waals surface area contributed by atoms with Crippen LogP contribution in [-0.4, -0.2) is 18.8 Å². The first-order chi connectivity index (χ1) is 13.2. The zero-order chi connectivity index (χ0) is 20.7. The third-order valence-electron chi connectivity index (χ3n) is 4.19. The second kappa shape index (κ2) is 9.45. The molecule has 0 aliphatic carbocycles. The van der Waals surface area contributed by atoms with Crippen LogP contribution < -0.4 is 9.64 Å². The quantitative estimate of drug-likeness (QED) is 0.534. The molecule has 0 unspecified atom stereocenters. The number of carbonyl (C=O) groups is 1. The molecule has 0 heterocycles. The molecule has 0 aliphatic rings. The van der Waals surface area contributed by atoms with E-state index in [2.05, 4.69) is 19.9 Å². The number of allylic oxidation sites excluding steroid dienone is 1. The van der Waals surface area contributed by atoms with Crippen molar-refractivity contribution in [3.63, 3.8) is 0 Å². The van der Waals surface area contributed by atoms with Crippen LogP contribution in [0.4, 0.5) is 10.5 Å². The fraction of sp³-hybridized carbons (Fsp3) is 0.375. The lowest BCUT2D eigenvalue weighted by molar-refractivity contribution is 0.0565. The number of ether oxygens (including phenoxy) is 2. The van der Waals surface area contributed by atoms with Crippen molar-refractivity contribution in [3.8, 4) is 5.75 Å². The predicted octanol–water partition coefficient (Wildman–Crippen LogP) is 6.53. The van der Waals surface area contributed by atoms with Crippen LogP contribution in [0.15, 0.2) is 66.2 Å². The Labute approximate surface area is 168 Å². The largest absolute Gasteiger partial charge is 0.497 e. The second-order valence-corrected chi connectivity index (χ2v) is 7.99. The summed E-state index contributed by atoms with van der Waals surface area (Å²) in [5, 5.41) is 0. The molecular formula is C24H31NO3. The number of anilines is 1. The molecule has 4 nitrogen and oxygen atoms in total. The van der Waals surface area contributed by atoms with Gasteiger partial charge in [-0.1, -0.05) is 42.0 Å². The Hall–Kier alpha value is -2.75. The molecule has 28 heavy (non-hydrogen) atoms. The first-order valence-electron chi connectivity index (χ1n) is 9.56. The lowest BCUT2D eigenvalue weighted by Gasteiger charge is -2.33. The molecule has 0 N–H and O–H groups in total. The molecule has 4 heteroatoms. The molecule has 0 aliphatic heterocycles. The highest BCUT2D eigenvalue weighted by Gasteiger charge is 2.30. The zero-order valence-corrected chi connectivity index (χ0v) is 17.7. The van der Waals surface area contributed by atoms with Crippen molar-refractivity contribution in [1.29, 1.82) is 0 Å². The molecule has 0 aromatic heterocycles. The Kier molecular flexibility index (Phi) is 7.27. The van der Waals surface area contributed by atoms with Crippen LogP contribution in [0.25, 0.3) is 0 Å². The summed E-state index contributed by atoms with van der Waals surface area (Å²) in [5.41, 5.74) is 2.45. The minimum atomic E-state index is -0.584. The minimum absolute atomic E-state index is 0.181. The highest BCUT2D eigenvalue weighted by molar-refractivity contribution is 5.89. The highest BCUT2D eigenvalue weighted by atomic mass is 16.6. The lowest BCUT2D eigenvalue weighted by Crippen LogP contribution is -2.39. The summed E-state index contributed by atoms with van der Waals surface area (Å²) >= 11 is 0. The van der Waals surface area contributed by atoms with Gasteiger partial charge in [-0.15, -0.1) is 0 Å². The van der Waals surface area contributed by atoms with Gasteiger partial charge in [0, 0.05) is 5.69 Å². The van der Waals surface area contributed by atoms with E-state index in [-0.39, 0.29) is 12.1 Å². The number of rotatable bonds is 6. The topological polar surface area (TPSA) is 38.8 Å². The normalized spacial score (nSPS) is 12.1. The Bertz CT molecular complexity index is 785. The lowest BCUT2D eigenvalue weighted by atomic mass is 10.00. The third-order valence-corrected chi connectivity index (χ3v) is 4.19. The van der Waals surface area contributed by atoms with Crippen LogP contribution in [0.1, 0.15) is 52.6 Å². The maximum absolute atomic E-state index is 13.2. The van der Waals surface area contributed by atoms with Gasteiger partial charge < -0.3 is 9.47 Å². The van der Waals surface area contributed by atoms with Crippen LogP contribution in [0.5, 0.6) is 5.75 Å². The Morgan fingerprint density at radius 3 is 2.14 bits per heavy atom. The number of amides is 1. The van der Waals surface area contributed by atoms with Crippen molar-refractivity contribution in [2.75, 3.05) is 12.0 Å². The molecule has 2 aromatic rings. The number of nitrogens with zero attached hydrogens (tertiary/aromatic N) is 1. The summed E-state index contributed by atoms with van der Waals surface area (Å²) in [6, 6.07) is 17.4. The molecule has 150 valence electrons. The summed E-state index contributed by atoms with van der Waals surface area (Å²) in [6.45, 7) is 9.76. The molecule has 0 spiro atoms. The molecular weight excluding hydrogens is 350 g/mol. The van der Waals surface area contributed by atoms with Crippen LogP contribution >= 0.6 is 0 Å². The maximum atomic E-state index is 13.2. The Morgan fingerprint density at radius 1 is 1.04 bits per heavy atom. The zero-order valence-electron chi connectivity index (χ0n) is 17.7. The van der Waals surface area contributed by atoms with E-state index in [0.29, 0.717) is 6.42 Å². The molecule has 2 rings (SSSR count). The molecule has 0 fully saturated rings. The van der Waals surface area contributed by atoms with E-state index >= 15 is 0 Å². The summed E-state index contributed by atoms with van der Waals surface area (Å²) in [6.07, 6.45) is 2.48. The van der Waals surface area contributed by atoms with Gasteiger partial charge in [-0.3, -0.25) is 4.90 Å². The average molecular weight is 382 g/mol. The van der Waals surface area contributed by atoms with Crippen molar-refractivity contribution < 1.29 is 14.3 Å². The summed E-state index contributed by atoms with van der Waals surface area (Å²) < 4.78 is 11.0. The number of carbonyl (C=O) groups excluding carboxylic acids is 1. The van der Waals surface area contributed by atoms with Gasteiger partial charge >= 0.3 is 6.09 Å². The maximum Gasteiger partial charge on any atom is 0.415 e. The molecule has 0 saturated carbocycles. The summed E-state index contributed by atoms with van der Waals surface area (Å²) in [7, 11) is 1.63. The van der Waals surface area contributed by atoms with Gasteiger partial charge in [0.05, 0.1) is 13.2 Å². The van der Waals surface area contributed by atoms with Crippen molar-refractivity contribution >= 4 is 11.8 Å². The van der Waals surface area contributed by atoms with Crippen molar-refractivity contribution in [1.82, 2.24) is 0 Å². The standard InChI is InChI=1S/C24H31NO3/c1-18(2)12-17-22(19-10-8-7-9-11-19)25(23(26)28-24(3,4)5)20-13-15-21(27-6)16-14-20/h7-16,22H,17H2,1-6H3/t22-/m0/s1. The minimum Gasteiger partial charge on any atom is -0.497 e. The van der Waals surface area contributed by atoms with Gasteiger partial charge in [0.25, 0.3) is 0 Å². The molecule has 0 radical (unpaired) electrons. The molecule has 1 atom stereocenters. The monoisotopic (exact) mass is 381 g/mol.